The number of aromatic amines is 1. The summed E-state index contributed by atoms with van der Waals surface area (Å²) in [6, 6.07) is 7.84. The van der Waals surface area contributed by atoms with Crippen LogP contribution in [-0.2, 0) is 57.1 Å². The first-order valence-corrected chi connectivity index (χ1v) is 24.3. The Labute approximate surface area is 362 Å². The molecule has 0 bridgehead atoms. The number of phosphoric ester groups is 3. The fraction of sp³-hybridized carbons (Fsp3) is 0.515. The summed E-state index contributed by atoms with van der Waals surface area (Å²) in [5.74, 6) is -1.20. The molecule has 0 spiro atoms. The second-order valence-corrected chi connectivity index (χ2v) is 20.0. The number of benzene rings is 1. The van der Waals surface area contributed by atoms with Crippen LogP contribution < -0.4 is 16.4 Å². The molecule has 7 atom stereocenters. The molecule has 30 heteroatoms. The van der Waals surface area contributed by atoms with Crippen molar-refractivity contribution in [2.24, 2.45) is 5.41 Å². The number of fused-ring (bicyclic) bond motifs is 2. The van der Waals surface area contributed by atoms with Crippen molar-refractivity contribution in [2.45, 2.75) is 64.3 Å². The summed E-state index contributed by atoms with van der Waals surface area (Å²) >= 11 is 1.26. The van der Waals surface area contributed by atoms with Crippen LogP contribution in [0.15, 0.2) is 43.1 Å². The second kappa shape index (κ2) is 21.0. The van der Waals surface area contributed by atoms with Crippen LogP contribution in [0.1, 0.15) is 39.0 Å². The summed E-state index contributed by atoms with van der Waals surface area (Å²) < 4.78 is 64.0. The molecule has 1 aliphatic heterocycles. The maximum Gasteiger partial charge on any atom is 0.481 e. The lowest BCUT2D eigenvalue weighted by molar-refractivity contribution is -0.137. The first-order valence-electron chi connectivity index (χ1n) is 18.8. The van der Waals surface area contributed by atoms with E-state index in [9.17, 15) is 57.9 Å². The third kappa shape index (κ3) is 13.8. The molecule has 0 aliphatic carbocycles. The van der Waals surface area contributed by atoms with Crippen molar-refractivity contribution in [1.29, 1.82) is 0 Å². The van der Waals surface area contributed by atoms with Crippen LogP contribution in [0.25, 0.3) is 22.1 Å². The number of aliphatic hydroxyl groups is 2. The SMILES string of the molecule is CC(=O)N(CCc1c[nH]c2ccccc12)SCCNC(=O)CCNC(=O)[C@H](O)C(C)(C)COP(=O)(O)OP(=O)(O)OC[C@H]1O[C@@H](n2cnc3c(N)ncnc32)[C@H](O)[C@@H]1OP(=O)(O)O. The lowest BCUT2D eigenvalue weighted by Crippen LogP contribution is -2.46. The molecule has 1 fully saturated rings. The van der Waals surface area contributed by atoms with Gasteiger partial charge in [-0.1, -0.05) is 32.0 Å². The number of carbonyl (C=O) groups excluding carboxylic acids is 3. The Kier molecular flexibility index (Phi) is 16.7. The van der Waals surface area contributed by atoms with Gasteiger partial charge in [-0.25, -0.2) is 28.6 Å². The predicted octanol–water partition coefficient (Wildman–Crippen LogP) is 0.626. The van der Waals surface area contributed by atoms with Gasteiger partial charge in [0.05, 0.1) is 19.5 Å². The Morgan fingerprint density at radius 2 is 1.78 bits per heavy atom. The first kappa shape index (κ1) is 50.1. The summed E-state index contributed by atoms with van der Waals surface area (Å²) in [4.78, 5) is 91.7. The van der Waals surface area contributed by atoms with E-state index in [0.29, 0.717) is 18.7 Å². The van der Waals surface area contributed by atoms with Crippen molar-refractivity contribution in [3.63, 3.8) is 0 Å². The highest BCUT2D eigenvalue weighted by Crippen LogP contribution is 2.61. The van der Waals surface area contributed by atoms with Crippen LogP contribution in [0.3, 0.4) is 0 Å². The number of aliphatic hydroxyl groups excluding tert-OH is 2. The quantitative estimate of drug-likeness (QED) is 0.0277. The normalized spacial score (nSPS) is 20.6. The van der Waals surface area contributed by atoms with E-state index in [-0.39, 0.29) is 42.4 Å². The van der Waals surface area contributed by atoms with E-state index >= 15 is 0 Å². The number of hydrogen-bond acceptors (Lipinski definition) is 18. The minimum Gasteiger partial charge on any atom is -0.386 e. The van der Waals surface area contributed by atoms with E-state index in [1.807, 2.05) is 30.5 Å². The van der Waals surface area contributed by atoms with Gasteiger partial charge < -0.3 is 55.9 Å². The van der Waals surface area contributed by atoms with Gasteiger partial charge in [0.2, 0.25) is 17.7 Å². The standard InChI is InChI=1S/C33H48N9O17P3S/c1-19(43)42(12-9-20-14-37-22-7-5-4-6-21(20)22)63-13-11-35-24(44)8-10-36-31(47)28(46)33(2,3)16-56-62(53,54)59-61(51,52)55-15-23-27(58-60(48,49)50)26(45)32(57-23)41-18-40-25-29(34)38-17-39-30(25)41/h4-7,14,17-18,23,26-28,32,37,45-46H,8-13,15-16H2,1-3H3,(H,35,44)(H,36,47)(H,51,52)(H,53,54)(H2,34,38,39)(H2,48,49,50)/t23-,26-,27-,28+,32-/m1/s1. The van der Waals surface area contributed by atoms with Crippen LogP contribution in [0.5, 0.6) is 0 Å². The minimum atomic E-state index is -5.58. The molecule has 0 radical (unpaired) electrons. The van der Waals surface area contributed by atoms with E-state index in [1.54, 1.807) is 4.31 Å². The number of aromatic nitrogens is 5. The molecule has 11 N–H and O–H groups in total. The van der Waals surface area contributed by atoms with Crippen LogP contribution in [0, 0.1) is 5.41 Å². The van der Waals surface area contributed by atoms with Crippen molar-refractivity contribution >= 4 is 81.0 Å². The monoisotopic (exact) mass is 967 g/mol. The van der Waals surface area contributed by atoms with Gasteiger partial charge in [0, 0.05) is 61.2 Å². The number of nitrogens with two attached hydrogens (primary N) is 1. The Bertz CT molecular complexity index is 2400. The van der Waals surface area contributed by atoms with E-state index in [2.05, 4.69) is 39.4 Å². The number of H-pyrrole nitrogens is 1. The number of carbonyl (C=O) groups is 3. The number of nitrogens with zero attached hydrogens (tertiary/aromatic N) is 5. The summed E-state index contributed by atoms with van der Waals surface area (Å²) in [5.41, 5.74) is 6.33. The molecule has 4 aromatic rings. The van der Waals surface area contributed by atoms with Gasteiger partial charge in [0.25, 0.3) is 0 Å². The zero-order valence-electron chi connectivity index (χ0n) is 33.8. The van der Waals surface area contributed by atoms with Gasteiger partial charge in [0.15, 0.2) is 17.7 Å². The lowest BCUT2D eigenvalue weighted by atomic mass is 9.87. The smallest absolute Gasteiger partial charge is 0.386 e. The highest BCUT2D eigenvalue weighted by atomic mass is 32.2. The second-order valence-electron chi connectivity index (χ2n) is 14.6. The summed E-state index contributed by atoms with van der Waals surface area (Å²) in [7, 11) is -16.4. The number of para-hydroxylation sites is 1. The van der Waals surface area contributed by atoms with E-state index < -0.39 is 84.6 Å². The van der Waals surface area contributed by atoms with Gasteiger partial charge in [0.1, 0.15) is 36.3 Å². The molecule has 348 valence electrons. The average Bonchev–Trinajstić information content (AvgIpc) is 3.90. The third-order valence-electron chi connectivity index (χ3n) is 9.36. The van der Waals surface area contributed by atoms with Crippen molar-refractivity contribution < 1.29 is 80.5 Å². The summed E-state index contributed by atoms with van der Waals surface area (Å²) in [6.45, 7) is 2.41. The van der Waals surface area contributed by atoms with Crippen molar-refractivity contribution in [3.8, 4) is 0 Å². The van der Waals surface area contributed by atoms with Crippen LogP contribution in [0.4, 0.5) is 5.82 Å². The van der Waals surface area contributed by atoms with Crippen molar-refractivity contribution in [2.75, 3.05) is 44.3 Å². The average molecular weight is 968 g/mol. The molecule has 2 unspecified atom stereocenters. The maximum atomic E-state index is 12.7. The number of nitrogen functional groups attached to an aromatic ring is 1. The third-order valence-corrected chi connectivity index (χ3v) is 13.6. The number of hydrogen-bond donors (Lipinski definition) is 10. The number of nitrogens with one attached hydrogen (secondary N) is 3. The van der Waals surface area contributed by atoms with Gasteiger partial charge in [-0.05, 0) is 30.0 Å². The fourth-order valence-corrected chi connectivity index (χ4v) is 9.80. The predicted molar refractivity (Wildman–Crippen MR) is 221 cm³/mol. The highest BCUT2D eigenvalue weighted by molar-refractivity contribution is 7.97. The zero-order chi connectivity index (χ0) is 46.3. The number of ether oxygens (including phenoxy) is 1. The Morgan fingerprint density at radius 1 is 1.06 bits per heavy atom. The molecule has 4 heterocycles. The molecule has 1 aliphatic rings. The molecule has 0 saturated carbocycles. The number of anilines is 1. The van der Waals surface area contributed by atoms with Crippen LogP contribution in [0.2, 0.25) is 0 Å². The summed E-state index contributed by atoms with van der Waals surface area (Å²) in [5, 5.41) is 27.7. The van der Waals surface area contributed by atoms with E-state index in [1.165, 1.54) is 32.7 Å². The zero-order valence-corrected chi connectivity index (χ0v) is 37.3. The molecular weight excluding hydrogens is 919 g/mol. The number of amides is 3. The van der Waals surface area contributed by atoms with Gasteiger partial charge >= 0.3 is 23.5 Å². The van der Waals surface area contributed by atoms with E-state index in [4.69, 9.17) is 19.5 Å². The lowest BCUT2D eigenvalue weighted by Gasteiger charge is -2.30. The Balaban J connectivity index is 1.03. The highest BCUT2D eigenvalue weighted by Gasteiger charge is 2.50. The molecule has 5 rings (SSSR count). The first-order chi connectivity index (χ1) is 29.5. The van der Waals surface area contributed by atoms with Crippen LogP contribution >= 0.6 is 35.4 Å². The molecule has 3 aromatic heterocycles. The number of imidazole rings is 1. The Hall–Kier alpha value is -3.88. The largest absolute Gasteiger partial charge is 0.481 e. The maximum absolute atomic E-state index is 12.7. The van der Waals surface area contributed by atoms with Gasteiger partial charge in [-0.3, -0.25) is 36.8 Å². The van der Waals surface area contributed by atoms with Gasteiger partial charge in [-0.2, -0.15) is 4.31 Å². The number of phosphoric acid groups is 3. The molecule has 1 saturated heterocycles. The van der Waals surface area contributed by atoms with Crippen molar-refractivity contribution in [3.05, 3.63) is 48.7 Å². The van der Waals surface area contributed by atoms with Crippen LogP contribution in [-0.4, -0.2) is 139 Å². The minimum absolute atomic E-state index is 0.0287. The van der Waals surface area contributed by atoms with Crippen molar-refractivity contribution in [1.82, 2.24) is 39.4 Å². The van der Waals surface area contributed by atoms with Gasteiger partial charge in [-0.15, -0.1) is 0 Å². The molecule has 26 nitrogen and oxygen atoms in total. The fourth-order valence-electron chi connectivity index (χ4n) is 6.16. The summed E-state index contributed by atoms with van der Waals surface area (Å²) in [6.07, 6.45) is -4.41. The Morgan fingerprint density at radius 3 is 2.49 bits per heavy atom. The van der Waals surface area contributed by atoms with E-state index in [0.717, 1.165) is 33.7 Å². The number of rotatable bonds is 23. The molecular formula is C33H48N9O17P3S. The topological polar surface area (TPSA) is 383 Å². The molecule has 63 heavy (non-hydrogen) atoms. The molecule has 1 aromatic carbocycles. The molecule has 3 amide bonds.